The Morgan fingerprint density at radius 1 is 1.21 bits per heavy atom. The van der Waals surface area contributed by atoms with Crippen LogP contribution < -0.4 is 0 Å². The Balaban J connectivity index is 1.54. The van der Waals surface area contributed by atoms with Crippen molar-refractivity contribution >= 4 is 17.7 Å². The standard InChI is InChI=1S/C21H28N4O2S/c1-23-20(14-19(22-23)17-6-3-2-4-7-17)21(26)25-8-5-13-28-16-18(25)15-24-9-11-27-12-10-24/h2-4,6-7,14,18H,5,8-13,15-16H2,1H3. The molecule has 150 valence electrons. The quantitative estimate of drug-likeness (QED) is 0.789. The minimum atomic E-state index is 0.0953. The molecule has 28 heavy (non-hydrogen) atoms. The molecule has 0 radical (unpaired) electrons. The molecule has 1 amide bonds. The Bertz CT molecular complexity index is 789. The van der Waals surface area contributed by atoms with Gasteiger partial charge in [-0.3, -0.25) is 14.4 Å². The van der Waals surface area contributed by atoms with Crippen LogP contribution in [-0.4, -0.2) is 82.4 Å². The first-order valence-corrected chi connectivity index (χ1v) is 11.2. The van der Waals surface area contributed by atoms with Crippen LogP contribution in [0.25, 0.3) is 11.3 Å². The Morgan fingerprint density at radius 3 is 2.79 bits per heavy atom. The van der Waals surface area contributed by atoms with Gasteiger partial charge in [-0.1, -0.05) is 30.3 Å². The first kappa shape index (κ1) is 19.5. The molecule has 2 saturated heterocycles. The van der Waals surface area contributed by atoms with Gasteiger partial charge in [0.15, 0.2) is 0 Å². The lowest BCUT2D eigenvalue weighted by Crippen LogP contribution is -2.50. The van der Waals surface area contributed by atoms with E-state index in [2.05, 4.69) is 14.9 Å². The van der Waals surface area contributed by atoms with Crippen LogP contribution in [0.2, 0.25) is 0 Å². The summed E-state index contributed by atoms with van der Waals surface area (Å²) in [5.41, 5.74) is 2.55. The van der Waals surface area contributed by atoms with E-state index in [-0.39, 0.29) is 11.9 Å². The lowest BCUT2D eigenvalue weighted by atomic mass is 10.1. The van der Waals surface area contributed by atoms with Gasteiger partial charge in [0.2, 0.25) is 0 Å². The number of amides is 1. The summed E-state index contributed by atoms with van der Waals surface area (Å²) >= 11 is 1.96. The van der Waals surface area contributed by atoms with Gasteiger partial charge in [0, 0.05) is 44.5 Å². The zero-order valence-electron chi connectivity index (χ0n) is 16.4. The van der Waals surface area contributed by atoms with Crippen LogP contribution in [0.3, 0.4) is 0 Å². The van der Waals surface area contributed by atoms with Crippen LogP contribution in [0.4, 0.5) is 0 Å². The van der Waals surface area contributed by atoms with Gasteiger partial charge >= 0.3 is 0 Å². The number of ether oxygens (including phenoxy) is 1. The Hall–Kier alpha value is -1.83. The van der Waals surface area contributed by atoms with E-state index in [1.807, 2.05) is 55.2 Å². The predicted octanol–water partition coefficient (Wildman–Crippen LogP) is 2.37. The predicted molar refractivity (Wildman–Crippen MR) is 113 cm³/mol. The summed E-state index contributed by atoms with van der Waals surface area (Å²) < 4.78 is 7.21. The molecular weight excluding hydrogens is 372 g/mol. The fraction of sp³-hybridized carbons (Fsp3) is 0.524. The van der Waals surface area contributed by atoms with Crippen molar-refractivity contribution in [3.8, 4) is 11.3 Å². The van der Waals surface area contributed by atoms with Crippen LogP contribution in [-0.2, 0) is 11.8 Å². The Morgan fingerprint density at radius 2 is 2.00 bits per heavy atom. The van der Waals surface area contributed by atoms with Crippen molar-refractivity contribution in [2.24, 2.45) is 7.05 Å². The average molecular weight is 401 g/mol. The van der Waals surface area contributed by atoms with E-state index in [1.54, 1.807) is 4.68 Å². The van der Waals surface area contributed by atoms with Gasteiger partial charge in [-0.2, -0.15) is 16.9 Å². The molecule has 1 unspecified atom stereocenters. The molecule has 7 heteroatoms. The number of aryl methyl sites for hydroxylation is 1. The normalized spacial score (nSPS) is 21.5. The molecule has 2 aliphatic heterocycles. The van der Waals surface area contributed by atoms with Gasteiger partial charge in [0.1, 0.15) is 5.69 Å². The van der Waals surface area contributed by atoms with Crippen molar-refractivity contribution in [2.75, 3.05) is 50.9 Å². The first-order chi connectivity index (χ1) is 13.7. The van der Waals surface area contributed by atoms with Gasteiger partial charge < -0.3 is 9.64 Å². The lowest BCUT2D eigenvalue weighted by molar-refractivity contribution is 0.0243. The fourth-order valence-electron chi connectivity index (χ4n) is 3.89. The summed E-state index contributed by atoms with van der Waals surface area (Å²) in [6.45, 7) is 5.21. The zero-order valence-corrected chi connectivity index (χ0v) is 17.2. The molecule has 1 aromatic heterocycles. The number of carbonyl (C=O) groups excluding carboxylic acids is 1. The number of rotatable bonds is 4. The molecule has 0 aliphatic carbocycles. The second-order valence-corrected chi connectivity index (χ2v) is 8.55. The summed E-state index contributed by atoms with van der Waals surface area (Å²) in [4.78, 5) is 18.0. The van der Waals surface area contributed by atoms with Crippen LogP contribution in [0, 0.1) is 0 Å². The third-order valence-corrected chi connectivity index (χ3v) is 6.64. The van der Waals surface area contributed by atoms with Crippen molar-refractivity contribution in [1.29, 1.82) is 0 Å². The van der Waals surface area contributed by atoms with Crippen molar-refractivity contribution in [3.63, 3.8) is 0 Å². The SMILES string of the molecule is Cn1nc(-c2ccccc2)cc1C(=O)N1CCCSCC1CN1CCOCC1. The van der Waals surface area contributed by atoms with Crippen molar-refractivity contribution < 1.29 is 9.53 Å². The van der Waals surface area contributed by atoms with Gasteiger partial charge in [0.25, 0.3) is 5.91 Å². The molecule has 1 aromatic carbocycles. The molecule has 4 rings (SSSR count). The molecule has 0 bridgehead atoms. The molecule has 0 N–H and O–H groups in total. The zero-order chi connectivity index (χ0) is 19.3. The van der Waals surface area contributed by atoms with Crippen LogP contribution >= 0.6 is 11.8 Å². The molecule has 1 atom stereocenters. The maximum atomic E-state index is 13.5. The highest BCUT2D eigenvalue weighted by molar-refractivity contribution is 7.99. The highest BCUT2D eigenvalue weighted by Gasteiger charge is 2.30. The molecule has 3 heterocycles. The maximum absolute atomic E-state index is 13.5. The molecule has 2 aliphatic rings. The third-order valence-electron chi connectivity index (χ3n) is 5.44. The van der Waals surface area contributed by atoms with Crippen LogP contribution in [0.5, 0.6) is 0 Å². The maximum Gasteiger partial charge on any atom is 0.272 e. The molecule has 0 spiro atoms. The van der Waals surface area contributed by atoms with Gasteiger partial charge in [-0.25, -0.2) is 0 Å². The number of thioether (sulfide) groups is 1. The monoisotopic (exact) mass is 400 g/mol. The van der Waals surface area contributed by atoms with E-state index in [0.29, 0.717) is 5.69 Å². The average Bonchev–Trinajstić information content (AvgIpc) is 2.97. The van der Waals surface area contributed by atoms with E-state index >= 15 is 0 Å². The molecule has 6 nitrogen and oxygen atoms in total. The summed E-state index contributed by atoms with van der Waals surface area (Å²) in [6.07, 6.45) is 1.04. The highest BCUT2D eigenvalue weighted by Crippen LogP contribution is 2.23. The molecular formula is C21H28N4O2S. The minimum absolute atomic E-state index is 0.0953. The summed E-state index contributed by atoms with van der Waals surface area (Å²) in [6, 6.07) is 12.2. The van der Waals surface area contributed by atoms with E-state index in [9.17, 15) is 4.79 Å². The second-order valence-electron chi connectivity index (χ2n) is 7.40. The van der Waals surface area contributed by atoms with Crippen LogP contribution in [0.1, 0.15) is 16.9 Å². The number of hydrogen-bond acceptors (Lipinski definition) is 5. The van der Waals surface area contributed by atoms with E-state index in [0.717, 1.165) is 68.6 Å². The Labute approximate surface area is 170 Å². The first-order valence-electron chi connectivity index (χ1n) is 10.0. The molecule has 2 fully saturated rings. The van der Waals surface area contributed by atoms with Gasteiger partial charge in [-0.15, -0.1) is 0 Å². The minimum Gasteiger partial charge on any atom is -0.379 e. The number of hydrogen-bond donors (Lipinski definition) is 0. The van der Waals surface area contributed by atoms with Crippen molar-refractivity contribution in [1.82, 2.24) is 19.6 Å². The lowest BCUT2D eigenvalue weighted by Gasteiger charge is -2.35. The smallest absolute Gasteiger partial charge is 0.272 e. The van der Waals surface area contributed by atoms with Gasteiger partial charge in [0.05, 0.1) is 24.9 Å². The third kappa shape index (κ3) is 4.42. The van der Waals surface area contributed by atoms with Gasteiger partial charge in [-0.05, 0) is 18.2 Å². The Kier molecular flexibility index (Phi) is 6.34. The van der Waals surface area contributed by atoms with E-state index < -0.39 is 0 Å². The number of aromatic nitrogens is 2. The van der Waals surface area contributed by atoms with Crippen molar-refractivity contribution in [3.05, 3.63) is 42.1 Å². The second kappa shape index (κ2) is 9.11. The largest absolute Gasteiger partial charge is 0.379 e. The highest BCUT2D eigenvalue weighted by atomic mass is 32.2. The number of carbonyl (C=O) groups is 1. The number of benzene rings is 1. The molecule has 2 aromatic rings. The summed E-state index contributed by atoms with van der Waals surface area (Å²) in [7, 11) is 1.86. The van der Waals surface area contributed by atoms with E-state index in [4.69, 9.17) is 4.74 Å². The van der Waals surface area contributed by atoms with Crippen molar-refractivity contribution in [2.45, 2.75) is 12.5 Å². The topological polar surface area (TPSA) is 50.6 Å². The number of morpholine rings is 1. The fourth-order valence-corrected chi connectivity index (χ4v) is 4.95. The molecule has 0 saturated carbocycles. The van der Waals surface area contributed by atoms with Crippen LogP contribution in [0.15, 0.2) is 36.4 Å². The summed E-state index contributed by atoms with van der Waals surface area (Å²) in [5.74, 6) is 2.20. The summed E-state index contributed by atoms with van der Waals surface area (Å²) in [5, 5.41) is 4.60. The number of nitrogens with zero attached hydrogens (tertiary/aromatic N) is 4. The van der Waals surface area contributed by atoms with E-state index in [1.165, 1.54) is 0 Å².